The molecule has 0 unspecified atom stereocenters. The van der Waals surface area contributed by atoms with E-state index in [0.29, 0.717) is 37.3 Å². The van der Waals surface area contributed by atoms with Crippen LogP contribution in [0.1, 0.15) is 30.7 Å². The van der Waals surface area contributed by atoms with Crippen LogP contribution in [0, 0.1) is 18.8 Å². The predicted molar refractivity (Wildman–Crippen MR) is 124 cm³/mol. The third-order valence-electron chi connectivity index (χ3n) is 6.71. The first-order valence-corrected chi connectivity index (χ1v) is 11.6. The molecule has 2 fully saturated rings. The van der Waals surface area contributed by atoms with Crippen molar-refractivity contribution in [1.82, 2.24) is 15.0 Å². The van der Waals surface area contributed by atoms with E-state index in [9.17, 15) is 9.59 Å². The second-order valence-corrected chi connectivity index (χ2v) is 9.09. The maximum absolute atomic E-state index is 13.1. The zero-order valence-corrected chi connectivity index (χ0v) is 18.8. The van der Waals surface area contributed by atoms with Crippen LogP contribution in [-0.2, 0) is 16.0 Å². The van der Waals surface area contributed by atoms with Crippen LogP contribution in [0.15, 0.2) is 59.1 Å². The number of hydrogen-bond acceptors (Lipinski definition) is 5. The summed E-state index contributed by atoms with van der Waals surface area (Å²) in [5, 5.41) is 4.10. The molecule has 3 heterocycles. The Morgan fingerprint density at radius 3 is 2.52 bits per heavy atom. The Labute approximate surface area is 193 Å². The average Bonchev–Trinajstić information content (AvgIpc) is 3.47. The number of likely N-dealkylation sites (tertiary alicyclic amines) is 1. The lowest BCUT2D eigenvalue weighted by Gasteiger charge is -2.33. The molecule has 0 bridgehead atoms. The standard InChI is InChI=1S/C26H28N4O3/c1-18-7-9-22(10-8-18)30-17-21(16-24(30)31)26(32)29-13-11-19(12-14-29)15-23-27-25(28-33-23)20-5-3-2-4-6-20/h2-10,19,21H,11-17H2,1H3/t21-/m1/s1. The molecule has 2 aliphatic rings. The van der Waals surface area contributed by atoms with Crippen LogP contribution >= 0.6 is 0 Å². The molecule has 0 aliphatic carbocycles. The van der Waals surface area contributed by atoms with Crippen LogP contribution in [0.4, 0.5) is 5.69 Å². The van der Waals surface area contributed by atoms with Gasteiger partial charge in [-0.1, -0.05) is 53.2 Å². The fourth-order valence-corrected chi connectivity index (χ4v) is 4.75. The van der Waals surface area contributed by atoms with Crippen LogP contribution in [0.2, 0.25) is 0 Å². The molecule has 2 saturated heterocycles. The van der Waals surface area contributed by atoms with E-state index >= 15 is 0 Å². The number of rotatable bonds is 5. The summed E-state index contributed by atoms with van der Waals surface area (Å²) in [6.07, 6.45) is 2.82. The van der Waals surface area contributed by atoms with Gasteiger partial charge in [0.2, 0.25) is 23.5 Å². The average molecular weight is 445 g/mol. The van der Waals surface area contributed by atoms with E-state index < -0.39 is 0 Å². The fourth-order valence-electron chi connectivity index (χ4n) is 4.75. The number of aromatic nitrogens is 2. The molecule has 2 aromatic carbocycles. The quantitative estimate of drug-likeness (QED) is 0.597. The first kappa shape index (κ1) is 21.4. The van der Waals surface area contributed by atoms with Crippen molar-refractivity contribution in [2.75, 3.05) is 24.5 Å². The molecule has 7 heteroatoms. The fraction of sp³-hybridized carbons (Fsp3) is 0.385. The highest BCUT2D eigenvalue weighted by Crippen LogP contribution is 2.29. The minimum Gasteiger partial charge on any atom is -0.342 e. The highest BCUT2D eigenvalue weighted by atomic mass is 16.5. The van der Waals surface area contributed by atoms with Crippen molar-refractivity contribution in [3.8, 4) is 11.4 Å². The second kappa shape index (κ2) is 9.17. The van der Waals surface area contributed by atoms with E-state index in [0.717, 1.165) is 36.1 Å². The van der Waals surface area contributed by atoms with E-state index in [2.05, 4.69) is 10.1 Å². The van der Waals surface area contributed by atoms with E-state index in [1.54, 1.807) is 4.90 Å². The molecular formula is C26H28N4O3. The largest absolute Gasteiger partial charge is 0.342 e. The number of piperidine rings is 1. The third kappa shape index (κ3) is 4.67. The highest BCUT2D eigenvalue weighted by molar-refractivity contribution is 6.00. The van der Waals surface area contributed by atoms with Crippen molar-refractivity contribution in [3.63, 3.8) is 0 Å². The molecule has 2 amide bonds. The number of benzene rings is 2. The zero-order valence-electron chi connectivity index (χ0n) is 18.8. The molecule has 1 atom stereocenters. The summed E-state index contributed by atoms with van der Waals surface area (Å²) in [6, 6.07) is 17.7. The summed E-state index contributed by atoms with van der Waals surface area (Å²) < 4.78 is 5.47. The van der Waals surface area contributed by atoms with E-state index in [1.165, 1.54) is 0 Å². The number of hydrogen-bond donors (Lipinski definition) is 0. The van der Waals surface area contributed by atoms with Crippen molar-refractivity contribution >= 4 is 17.5 Å². The number of carbonyl (C=O) groups is 2. The van der Waals surface area contributed by atoms with E-state index in [4.69, 9.17) is 4.52 Å². The Kier molecular flexibility index (Phi) is 5.94. The van der Waals surface area contributed by atoms with Gasteiger partial charge in [-0.3, -0.25) is 9.59 Å². The Hall–Kier alpha value is -3.48. The lowest BCUT2D eigenvalue weighted by Crippen LogP contribution is -2.42. The summed E-state index contributed by atoms with van der Waals surface area (Å²) in [6.45, 7) is 3.90. The lowest BCUT2D eigenvalue weighted by molar-refractivity contribution is -0.137. The van der Waals surface area contributed by atoms with Gasteiger partial charge in [-0.2, -0.15) is 4.98 Å². The van der Waals surface area contributed by atoms with Gasteiger partial charge in [-0.15, -0.1) is 0 Å². The van der Waals surface area contributed by atoms with Crippen molar-refractivity contribution in [2.45, 2.75) is 32.6 Å². The van der Waals surface area contributed by atoms with Crippen molar-refractivity contribution in [2.24, 2.45) is 11.8 Å². The van der Waals surface area contributed by atoms with E-state index in [1.807, 2.05) is 66.4 Å². The number of nitrogens with zero attached hydrogens (tertiary/aromatic N) is 4. The Morgan fingerprint density at radius 2 is 1.79 bits per heavy atom. The number of carbonyl (C=O) groups excluding carboxylic acids is 2. The summed E-state index contributed by atoms with van der Waals surface area (Å²) in [5.74, 6) is 1.53. The van der Waals surface area contributed by atoms with Gasteiger partial charge in [0.15, 0.2) is 0 Å². The minimum atomic E-state index is -0.264. The monoisotopic (exact) mass is 444 g/mol. The van der Waals surface area contributed by atoms with Gasteiger partial charge in [0.25, 0.3) is 0 Å². The highest BCUT2D eigenvalue weighted by Gasteiger charge is 2.38. The first-order valence-electron chi connectivity index (χ1n) is 11.6. The normalized spacial score (nSPS) is 19.3. The SMILES string of the molecule is Cc1ccc(N2C[C@H](C(=O)N3CCC(Cc4nc(-c5ccccc5)no4)CC3)CC2=O)cc1. The summed E-state index contributed by atoms with van der Waals surface area (Å²) in [5.41, 5.74) is 2.96. The Balaban J connectivity index is 1.14. The molecule has 7 nitrogen and oxygen atoms in total. The van der Waals surface area contributed by atoms with Crippen molar-refractivity contribution in [1.29, 1.82) is 0 Å². The van der Waals surface area contributed by atoms with Crippen molar-refractivity contribution in [3.05, 3.63) is 66.1 Å². The van der Waals surface area contributed by atoms with E-state index in [-0.39, 0.29) is 24.2 Å². The third-order valence-corrected chi connectivity index (χ3v) is 6.71. The second-order valence-electron chi connectivity index (χ2n) is 9.09. The zero-order chi connectivity index (χ0) is 22.8. The number of aryl methyl sites for hydroxylation is 1. The molecule has 5 rings (SSSR count). The van der Waals surface area contributed by atoms with Gasteiger partial charge in [-0.25, -0.2) is 0 Å². The smallest absolute Gasteiger partial charge is 0.228 e. The lowest BCUT2D eigenvalue weighted by atomic mass is 9.92. The van der Waals surface area contributed by atoms with Gasteiger partial charge < -0.3 is 14.3 Å². The molecule has 3 aromatic rings. The Morgan fingerprint density at radius 1 is 1.06 bits per heavy atom. The maximum atomic E-state index is 13.1. The summed E-state index contributed by atoms with van der Waals surface area (Å²) in [4.78, 5) is 33.9. The number of amides is 2. The van der Waals surface area contributed by atoms with Gasteiger partial charge in [0.05, 0.1) is 5.92 Å². The molecule has 0 saturated carbocycles. The molecule has 2 aliphatic heterocycles. The first-order chi connectivity index (χ1) is 16.1. The van der Waals surface area contributed by atoms with Crippen LogP contribution in [0.25, 0.3) is 11.4 Å². The summed E-state index contributed by atoms with van der Waals surface area (Å²) >= 11 is 0. The molecular weight excluding hydrogens is 416 g/mol. The van der Waals surface area contributed by atoms with Crippen LogP contribution in [-0.4, -0.2) is 46.5 Å². The van der Waals surface area contributed by atoms with Gasteiger partial charge in [0.1, 0.15) is 0 Å². The molecule has 0 N–H and O–H groups in total. The minimum absolute atomic E-state index is 0.0257. The van der Waals surface area contributed by atoms with Gasteiger partial charge >= 0.3 is 0 Å². The van der Waals surface area contributed by atoms with Gasteiger partial charge in [0, 0.05) is 43.7 Å². The summed E-state index contributed by atoms with van der Waals surface area (Å²) in [7, 11) is 0. The van der Waals surface area contributed by atoms with Crippen LogP contribution < -0.4 is 4.90 Å². The molecule has 1 aromatic heterocycles. The topological polar surface area (TPSA) is 79.5 Å². The number of anilines is 1. The molecule has 170 valence electrons. The van der Waals surface area contributed by atoms with Crippen LogP contribution in [0.3, 0.4) is 0 Å². The molecule has 0 spiro atoms. The maximum Gasteiger partial charge on any atom is 0.228 e. The van der Waals surface area contributed by atoms with Crippen LogP contribution in [0.5, 0.6) is 0 Å². The predicted octanol–water partition coefficient (Wildman–Crippen LogP) is 3.88. The van der Waals surface area contributed by atoms with Crippen molar-refractivity contribution < 1.29 is 14.1 Å². The molecule has 0 radical (unpaired) electrons. The Bertz CT molecular complexity index is 1120. The van der Waals surface area contributed by atoms with Gasteiger partial charge in [-0.05, 0) is 37.8 Å². The molecule has 33 heavy (non-hydrogen) atoms.